The van der Waals surface area contributed by atoms with E-state index in [9.17, 15) is 12.9 Å². The molecule has 1 fully saturated rings. The molecule has 0 atom stereocenters. The Balaban J connectivity index is 2.22. The van der Waals surface area contributed by atoms with E-state index in [1.54, 1.807) is 7.11 Å². The number of methoxy groups -OCH3 is 1. The fourth-order valence-electron chi connectivity index (χ4n) is 2.02. The minimum Gasteiger partial charge on any atom is -0.445 e. The normalized spacial score (nSPS) is 29.1. The number of rotatable bonds is 4. The van der Waals surface area contributed by atoms with Gasteiger partial charge in [-0.1, -0.05) is 0 Å². The zero-order chi connectivity index (χ0) is 10.6. The van der Waals surface area contributed by atoms with Crippen LogP contribution in [0.5, 0.6) is 0 Å². The molecular weight excluding hydrogens is 194 g/mol. The van der Waals surface area contributed by atoms with Crippen molar-refractivity contribution < 1.29 is 22.6 Å². The molecule has 0 unspecified atom stereocenters. The summed E-state index contributed by atoms with van der Waals surface area (Å²) in [6.07, 6.45) is 1.09. The van der Waals surface area contributed by atoms with Gasteiger partial charge in [0, 0.05) is 26.6 Å². The number of hydrogen-bond acceptors (Lipinski definition) is 1. The monoisotopic (exact) mass is 211 g/mol. The van der Waals surface area contributed by atoms with E-state index in [0.29, 0.717) is 30.5 Å². The number of halogens is 3. The third-order valence-corrected chi connectivity index (χ3v) is 2.73. The Bertz CT molecular complexity index is 168. The van der Waals surface area contributed by atoms with Gasteiger partial charge in [0.25, 0.3) is 0 Å². The van der Waals surface area contributed by atoms with Crippen molar-refractivity contribution >= 4 is 6.98 Å². The Morgan fingerprint density at radius 1 is 1.29 bits per heavy atom. The van der Waals surface area contributed by atoms with Gasteiger partial charge in [0.15, 0.2) is 0 Å². The molecular formula is C8H17BF3NO. The van der Waals surface area contributed by atoms with Gasteiger partial charge in [0.1, 0.15) is 0 Å². The minimum atomic E-state index is -4.62. The zero-order valence-corrected chi connectivity index (χ0v) is 8.44. The lowest BCUT2D eigenvalue weighted by Crippen LogP contribution is -3.15. The van der Waals surface area contributed by atoms with Crippen LogP contribution in [0.15, 0.2) is 0 Å². The van der Waals surface area contributed by atoms with Crippen LogP contribution in [0.25, 0.3) is 0 Å². The van der Waals surface area contributed by atoms with Crippen LogP contribution < -0.4 is 4.90 Å². The highest BCUT2D eigenvalue weighted by Gasteiger charge is 2.32. The molecule has 0 aromatic heterocycles. The van der Waals surface area contributed by atoms with Crippen LogP contribution in [0.3, 0.4) is 0 Å². The second-order valence-corrected chi connectivity index (χ2v) is 4.06. The summed E-state index contributed by atoms with van der Waals surface area (Å²) in [7, 11) is 1.64. The summed E-state index contributed by atoms with van der Waals surface area (Å²) in [5.41, 5.74) is 0. The molecule has 0 saturated carbocycles. The predicted molar refractivity (Wildman–Crippen MR) is 49.2 cm³/mol. The first kappa shape index (κ1) is 11.8. The van der Waals surface area contributed by atoms with E-state index >= 15 is 0 Å². The van der Waals surface area contributed by atoms with Crippen LogP contribution in [-0.2, 0) is 4.74 Å². The lowest BCUT2D eigenvalue weighted by Gasteiger charge is -2.31. The van der Waals surface area contributed by atoms with Gasteiger partial charge in [-0.25, -0.2) is 0 Å². The molecule has 0 radical (unpaired) electrons. The molecule has 0 amide bonds. The van der Waals surface area contributed by atoms with E-state index in [4.69, 9.17) is 4.74 Å². The second kappa shape index (κ2) is 5.02. The first-order valence-corrected chi connectivity index (χ1v) is 5.05. The number of likely N-dealkylation sites (tertiary alicyclic amines) is 1. The van der Waals surface area contributed by atoms with Gasteiger partial charge in [-0.2, -0.15) is 0 Å². The van der Waals surface area contributed by atoms with E-state index in [1.807, 2.05) is 0 Å². The number of piperidine rings is 1. The maximum atomic E-state index is 12.1. The molecule has 1 heterocycles. The standard InChI is InChI=1S/C8H16BF3NO/c1-14-6-8-2-4-13(5-3-8)7-9(10,11)12/h8H,2-7H2,1H3/q-1/p+1. The van der Waals surface area contributed by atoms with E-state index in [2.05, 4.69) is 0 Å². The van der Waals surface area contributed by atoms with Gasteiger partial charge in [-0.3, -0.25) is 0 Å². The van der Waals surface area contributed by atoms with Crippen LogP contribution in [0.1, 0.15) is 12.8 Å². The Hall–Kier alpha value is -0.225. The Morgan fingerprint density at radius 3 is 2.29 bits per heavy atom. The van der Waals surface area contributed by atoms with Gasteiger partial charge in [-0.15, -0.1) is 0 Å². The van der Waals surface area contributed by atoms with Gasteiger partial charge in [0.2, 0.25) is 0 Å². The van der Waals surface area contributed by atoms with E-state index in [1.165, 1.54) is 0 Å². The largest absolute Gasteiger partial charge is 0.531 e. The highest BCUT2D eigenvalue weighted by atomic mass is 19.4. The third kappa shape index (κ3) is 4.33. The summed E-state index contributed by atoms with van der Waals surface area (Å²) in [6.45, 7) is -2.67. The fourth-order valence-corrected chi connectivity index (χ4v) is 2.02. The van der Waals surface area contributed by atoms with Crippen molar-refractivity contribution in [3.05, 3.63) is 0 Å². The van der Waals surface area contributed by atoms with Crippen molar-refractivity contribution in [2.75, 3.05) is 33.3 Å². The summed E-state index contributed by atoms with van der Waals surface area (Å²) in [5.74, 6) is 0.462. The van der Waals surface area contributed by atoms with Crippen LogP contribution in [0.4, 0.5) is 12.9 Å². The van der Waals surface area contributed by atoms with E-state index in [0.717, 1.165) is 12.8 Å². The second-order valence-electron chi connectivity index (χ2n) is 4.06. The molecule has 1 aliphatic rings. The quantitative estimate of drug-likeness (QED) is 0.661. The van der Waals surface area contributed by atoms with E-state index in [-0.39, 0.29) is 0 Å². The van der Waals surface area contributed by atoms with Crippen molar-refractivity contribution in [3.8, 4) is 0 Å². The minimum absolute atomic E-state index is 0.462. The summed E-state index contributed by atoms with van der Waals surface area (Å²) in [4.78, 5) is 0.685. The fraction of sp³-hybridized carbons (Fsp3) is 1.00. The van der Waals surface area contributed by atoms with Crippen LogP contribution in [0, 0.1) is 5.92 Å². The molecule has 0 spiro atoms. The average molecular weight is 211 g/mol. The molecule has 1 rings (SSSR count). The van der Waals surface area contributed by atoms with Crippen LogP contribution in [0.2, 0.25) is 0 Å². The number of quaternary nitrogens is 1. The van der Waals surface area contributed by atoms with Gasteiger partial charge >= 0.3 is 6.98 Å². The summed E-state index contributed by atoms with van der Waals surface area (Å²) >= 11 is 0. The molecule has 6 heteroatoms. The molecule has 0 aliphatic carbocycles. The molecule has 1 N–H and O–H groups in total. The van der Waals surface area contributed by atoms with Crippen LogP contribution in [-0.4, -0.2) is 40.2 Å². The summed E-state index contributed by atoms with van der Waals surface area (Å²) in [5, 5.41) is 0. The molecule has 2 nitrogen and oxygen atoms in total. The van der Waals surface area contributed by atoms with E-state index < -0.39 is 13.4 Å². The molecule has 0 bridgehead atoms. The van der Waals surface area contributed by atoms with Crippen molar-refractivity contribution in [3.63, 3.8) is 0 Å². The highest BCUT2D eigenvalue weighted by molar-refractivity contribution is 6.58. The maximum Gasteiger partial charge on any atom is 0.531 e. The predicted octanol–water partition coefficient (Wildman–Crippen LogP) is 0.314. The Labute approximate surface area is 82.5 Å². The molecule has 1 aliphatic heterocycles. The smallest absolute Gasteiger partial charge is 0.445 e. The zero-order valence-electron chi connectivity index (χ0n) is 8.44. The molecule has 14 heavy (non-hydrogen) atoms. The maximum absolute atomic E-state index is 12.1. The first-order valence-electron chi connectivity index (χ1n) is 5.05. The Morgan fingerprint density at radius 2 is 1.86 bits per heavy atom. The molecule has 0 aromatic rings. The topological polar surface area (TPSA) is 13.7 Å². The van der Waals surface area contributed by atoms with Crippen molar-refractivity contribution in [2.45, 2.75) is 12.8 Å². The van der Waals surface area contributed by atoms with Gasteiger partial charge < -0.3 is 22.6 Å². The summed E-state index contributed by atoms with van der Waals surface area (Å²) in [6, 6.07) is 0. The van der Waals surface area contributed by atoms with Crippen molar-refractivity contribution in [1.82, 2.24) is 0 Å². The highest BCUT2D eigenvalue weighted by Crippen LogP contribution is 2.10. The molecule has 84 valence electrons. The first-order chi connectivity index (χ1) is 6.51. The van der Waals surface area contributed by atoms with Gasteiger partial charge in [-0.05, 0) is 5.92 Å². The third-order valence-electron chi connectivity index (χ3n) is 2.73. The number of ether oxygens (including phenoxy) is 1. The van der Waals surface area contributed by atoms with Crippen molar-refractivity contribution in [2.24, 2.45) is 5.92 Å². The SMILES string of the molecule is COCC1CC[NH+](C[B-](F)(F)F)CC1. The summed E-state index contributed by atoms with van der Waals surface area (Å²) < 4.78 is 41.3. The average Bonchev–Trinajstić information content (AvgIpc) is 2.06. The lowest BCUT2D eigenvalue weighted by atomic mass is 9.88. The van der Waals surface area contributed by atoms with Gasteiger partial charge in [0.05, 0.1) is 19.5 Å². The van der Waals surface area contributed by atoms with Crippen LogP contribution >= 0.6 is 0 Å². The molecule has 0 aromatic carbocycles. The molecule has 1 saturated heterocycles. The Kier molecular flexibility index (Phi) is 4.25. The lowest BCUT2D eigenvalue weighted by molar-refractivity contribution is -0.897. The number of nitrogens with one attached hydrogen (secondary N) is 1. The van der Waals surface area contributed by atoms with Crippen molar-refractivity contribution in [1.29, 1.82) is 0 Å². The number of hydrogen-bond donors (Lipinski definition) is 1.